The van der Waals surface area contributed by atoms with Crippen LogP contribution in [0.4, 0.5) is 5.69 Å². The van der Waals surface area contributed by atoms with Crippen molar-refractivity contribution in [3.05, 3.63) is 57.0 Å². The Hall–Kier alpha value is -1.95. The molecule has 1 N–H and O–H groups in total. The fourth-order valence-corrected chi connectivity index (χ4v) is 2.69. The SMILES string of the molecule is COc1ccc(Cl)cc1C(=O)O[C@H](C)C(=O)Nc1cc(Cl)cc(Cl)c1. The molecule has 2 rings (SSSR count). The van der Waals surface area contributed by atoms with Crippen molar-refractivity contribution in [2.45, 2.75) is 13.0 Å². The fraction of sp³-hybridized carbons (Fsp3) is 0.176. The molecule has 0 aliphatic heterocycles. The molecule has 0 unspecified atom stereocenters. The molecule has 2 aromatic carbocycles. The molecule has 0 fully saturated rings. The van der Waals surface area contributed by atoms with E-state index in [0.29, 0.717) is 26.5 Å². The highest BCUT2D eigenvalue weighted by atomic mass is 35.5. The van der Waals surface area contributed by atoms with Gasteiger partial charge in [0.25, 0.3) is 5.91 Å². The fourth-order valence-electron chi connectivity index (χ4n) is 1.99. The van der Waals surface area contributed by atoms with Crippen molar-refractivity contribution in [3.8, 4) is 5.75 Å². The average Bonchev–Trinajstić information content (AvgIpc) is 2.53. The van der Waals surface area contributed by atoms with E-state index in [2.05, 4.69) is 5.32 Å². The van der Waals surface area contributed by atoms with Gasteiger partial charge in [-0.1, -0.05) is 34.8 Å². The minimum absolute atomic E-state index is 0.125. The van der Waals surface area contributed by atoms with Gasteiger partial charge in [0, 0.05) is 20.8 Å². The summed E-state index contributed by atoms with van der Waals surface area (Å²) < 4.78 is 10.3. The Morgan fingerprint density at radius 1 is 1.00 bits per heavy atom. The Balaban J connectivity index is 2.08. The van der Waals surface area contributed by atoms with E-state index in [9.17, 15) is 9.59 Å². The molecule has 0 saturated heterocycles. The van der Waals surface area contributed by atoms with Crippen LogP contribution in [0, 0.1) is 0 Å². The van der Waals surface area contributed by atoms with Crippen LogP contribution in [-0.4, -0.2) is 25.1 Å². The summed E-state index contributed by atoms with van der Waals surface area (Å²) in [6.45, 7) is 1.44. The number of esters is 1. The second-order valence-electron chi connectivity index (χ2n) is 5.04. The number of hydrogen-bond donors (Lipinski definition) is 1. The number of benzene rings is 2. The lowest BCUT2D eigenvalue weighted by molar-refractivity contribution is -0.123. The second-order valence-corrected chi connectivity index (χ2v) is 6.35. The first-order chi connectivity index (χ1) is 11.8. The molecule has 0 heterocycles. The Kier molecular flexibility index (Phi) is 6.53. The minimum atomic E-state index is -1.06. The number of carbonyl (C=O) groups is 2. The number of rotatable bonds is 5. The average molecular weight is 403 g/mol. The van der Waals surface area contributed by atoms with Gasteiger partial charge >= 0.3 is 5.97 Å². The van der Waals surface area contributed by atoms with E-state index in [1.54, 1.807) is 6.07 Å². The van der Waals surface area contributed by atoms with Gasteiger partial charge in [-0.3, -0.25) is 4.79 Å². The molecule has 25 heavy (non-hydrogen) atoms. The summed E-state index contributed by atoms with van der Waals surface area (Å²) in [7, 11) is 1.42. The molecule has 1 amide bonds. The van der Waals surface area contributed by atoms with Crippen LogP contribution in [0.2, 0.25) is 15.1 Å². The predicted molar refractivity (Wildman–Crippen MR) is 98.0 cm³/mol. The van der Waals surface area contributed by atoms with Gasteiger partial charge < -0.3 is 14.8 Å². The van der Waals surface area contributed by atoms with Gasteiger partial charge in [-0.15, -0.1) is 0 Å². The number of methoxy groups -OCH3 is 1. The van der Waals surface area contributed by atoms with Gasteiger partial charge in [0.05, 0.1) is 7.11 Å². The van der Waals surface area contributed by atoms with Gasteiger partial charge in [-0.05, 0) is 43.3 Å². The van der Waals surface area contributed by atoms with Gasteiger partial charge in [-0.25, -0.2) is 4.79 Å². The standard InChI is InChI=1S/C17H14Cl3NO4/c1-9(16(22)21-13-6-11(19)5-12(20)7-13)25-17(23)14-8-10(18)3-4-15(14)24-2/h3-9H,1-2H3,(H,21,22)/t9-/m1/s1. The monoisotopic (exact) mass is 401 g/mol. The third-order valence-electron chi connectivity index (χ3n) is 3.16. The van der Waals surface area contributed by atoms with Crippen LogP contribution in [0.1, 0.15) is 17.3 Å². The maximum absolute atomic E-state index is 12.3. The molecule has 8 heteroatoms. The van der Waals surface area contributed by atoms with Crippen LogP contribution >= 0.6 is 34.8 Å². The van der Waals surface area contributed by atoms with E-state index in [1.807, 2.05) is 0 Å². The summed E-state index contributed by atoms with van der Waals surface area (Å²) in [4.78, 5) is 24.5. The number of ether oxygens (including phenoxy) is 2. The number of amides is 1. The first-order valence-corrected chi connectivity index (χ1v) is 8.25. The normalized spacial score (nSPS) is 11.6. The Bertz CT molecular complexity index is 790. The largest absolute Gasteiger partial charge is 0.496 e. The first-order valence-electron chi connectivity index (χ1n) is 7.11. The van der Waals surface area contributed by atoms with Gasteiger partial charge in [0.2, 0.25) is 0 Å². The lowest BCUT2D eigenvalue weighted by Crippen LogP contribution is -2.30. The van der Waals surface area contributed by atoms with Crippen LogP contribution in [0.3, 0.4) is 0 Å². The van der Waals surface area contributed by atoms with E-state index < -0.39 is 18.0 Å². The second kappa shape index (κ2) is 8.43. The van der Waals surface area contributed by atoms with Gasteiger partial charge in [0.15, 0.2) is 6.10 Å². The molecule has 132 valence electrons. The maximum Gasteiger partial charge on any atom is 0.342 e. The maximum atomic E-state index is 12.3. The Morgan fingerprint density at radius 3 is 2.24 bits per heavy atom. The van der Waals surface area contributed by atoms with Crippen molar-refractivity contribution in [1.82, 2.24) is 0 Å². The zero-order chi connectivity index (χ0) is 18.6. The van der Waals surface area contributed by atoms with Crippen molar-refractivity contribution in [2.75, 3.05) is 12.4 Å². The van der Waals surface area contributed by atoms with Gasteiger partial charge in [-0.2, -0.15) is 0 Å². The number of nitrogens with one attached hydrogen (secondary N) is 1. The number of anilines is 1. The molecule has 1 atom stereocenters. The summed E-state index contributed by atoms with van der Waals surface area (Å²) in [6.07, 6.45) is -1.06. The smallest absolute Gasteiger partial charge is 0.342 e. The molecular weight excluding hydrogens is 389 g/mol. The van der Waals surface area contributed by atoms with Crippen molar-refractivity contribution < 1.29 is 19.1 Å². The molecule has 0 aliphatic rings. The molecule has 0 aromatic heterocycles. The summed E-state index contributed by atoms with van der Waals surface area (Å²) >= 11 is 17.6. The van der Waals surface area contributed by atoms with E-state index in [4.69, 9.17) is 44.3 Å². The molecule has 0 bridgehead atoms. The highest BCUT2D eigenvalue weighted by molar-refractivity contribution is 6.35. The molecule has 0 saturated carbocycles. The third-order valence-corrected chi connectivity index (χ3v) is 3.84. The highest BCUT2D eigenvalue weighted by Crippen LogP contribution is 2.25. The lowest BCUT2D eigenvalue weighted by atomic mass is 10.2. The molecule has 2 aromatic rings. The van der Waals surface area contributed by atoms with Crippen LogP contribution in [0.25, 0.3) is 0 Å². The Morgan fingerprint density at radius 2 is 1.64 bits per heavy atom. The van der Waals surface area contributed by atoms with Crippen molar-refractivity contribution in [2.24, 2.45) is 0 Å². The van der Waals surface area contributed by atoms with Gasteiger partial charge in [0.1, 0.15) is 11.3 Å². The van der Waals surface area contributed by atoms with E-state index in [0.717, 1.165) is 0 Å². The highest BCUT2D eigenvalue weighted by Gasteiger charge is 2.22. The lowest BCUT2D eigenvalue weighted by Gasteiger charge is -2.15. The predicted octanol–water partition coefficient (Wildman–Crippen LogP) is 4.84. The number of halogens is 3. The third kappa shape index (κ3) is 5.26. The summed E-state index contributed by atoms with van der Waals surface area (Å²) in [6, 6.07) is 9.12. The van der Waals surface area contributed by atoms with E-state index in [1.165, 1.54) is 44.4 Å². The zero-order valence-corrected chi connectivity index (χ0v) is 15.6. The van der Waals surface area contributed by atoms with Crippen LogP contribution in [-0.2, 0) is 9.53 Å². The number of carbonyl (C=O) groups excluding carboxylic acids is 2. The van der Waals surface area contributed by atoms with E-state index in [-0.39, 0.29) is 5.56 Å². The summed E-state index contributed by atoms with van der Waals surface area (Å²) in [5.74, 6) is -0.970. The molecule has 0 spiro atoms. The first kappa shape index (κ1) is 19.4. The van der Waals surface area contributed by atoms with Crippen molar-refractivity contribution in [3.63, 3.8) is 0 Å². The molecule has 0 aliphatic carbocycles. The molecule has 5 nitrogen and oxygen atoms in total. The van der Waals surface area contributed by atoms with E-state index >= 15 is 0 Å². The van der Waals surface area contributed by atoms with Crippen LogP contribution in [0.5, 0.6) is 5.75 Å². The number of hydrogen-bond acceptors (Lipinski definition) is 4. The summed E-state index contributed by atoms with van der Waals surface area (Å²) in [5, 5.41) is 3.67. The zero-order valence-electron chi connectivity index (χ0n) is 13.3. The summed E-state index contributed by atoms with van der Waals surface area (Å²) in [5.41, 5.74) is 0.520. The quantitative estimate of drug-likeness (QED) is 0.727. The Labute approximate surface area is 159 Å². The topological polar surface area (TPSA) is 64.6 Å². The molecule has 0 radical (unpaired) electrons. The van der Waals surface area contributed by atoms with Crippen LogP contribution < -0.4 is 10.1 Å². The molecular formula is C17H14Cl3NO4. The van der Waals surface area contributed by atoms with Crippen LogP contribution in [0.15, 0.2) is 36.4 Å². The van der Waals surface area contributed by atoms with Crippen molar-refractivity contribution in [1.29, 1.82) is 0 Å². The van der Waals surface area contributed by atoms with Crippen molar-refractivity contribution >= 4 is 52.4 Å². The minimum Gasteiger partial charge on any atom is -0.496 e.